The van der Waals surface area contributed by atoms with Crippen molar-refractivity contribution in [2.24, 2.45) is 17.6 Å². The second-order valence-corrected chi connectivity index (χ2v) is 9.40. The largest absolute Gasteiger partial charge is 0.369 e. The first-order chi connectivity index (χ1) is 13.7. The Kier molecular flexibility index (Phi) is 6.30. The van der Waals surface area contributed by atoms with Crippen molar-refractivity contribution in [1.82, 2.24) is 9.80 Å². The molecule has 0 aromatic heterocycles. The van der Waals surface area contributed by atoms with Gasteiger partial charge in [0.25, 0.3) is 5.91 Å². The van der Waals surface area contributed by atoms with Crippen molar-refractivity contribution >= 4 is 17.7 Å². The zero-order valence-corrected chi connectivity index (χ0v) is 17.8. The van der Waals surface area contributed by atoms with Crippen LogP contribution in [-0.4, -0.2) is 53.7 Å². The summed E-state index contributed by atoms with van der Waals surface area (Å²) in [5, 5.41) is 0. The van der Waals surface area contributed by atoms with Crippen LogP contribution in [0.15, 0.2) is 24.3 Å². The molecule has 3 amide bonds. The summed E-state index contributed by atoms with van der Waals surface area (Å²) in [6.07, 6.45) is 2.70. The highest BCUT2D eigenvalue weighted by molar-refractivity contribution is 5.94. The van der Waals surface area contributed by atoms with Crippen molar-refractivity contribution in [3.63, 3.8) is 0 Å². The van der Waals surface area contributed by atoms with Gasteiger partial charge in [-0.15, -0.1) is 0 Å². The summed E-state index contributed by atoms with van der Waals surface area (Å²) >= 11 is 0. The Balaban J connectivity index is 1.52. The maximum atomic E-state index is 12.8. The highest BCUT2D eigenvalue weighted by Crippen LogP contribution is 2.26. The summed E-state index contributed by atoms with van der Waals surface area (Å²) in [4.78, 5) is 40.7. The molecular weight excluding hydrogens is 366 g/mol. The van der Waals surface area contributed by atoms with Crippen LogP contribution >= 0.6 is 0 Å². The maximum Gasteiger partial charge on any atom is 0.253 e. The first kappa shape index (κ1) is 21.3. The summed E-state index contributed by atoms with van der Waals surface area (Å²) in [6.45, 7) is 8.88. The van der Waals surface area contributed by atoms with Gasteiger partial charge in [-0.1, -0.05) is 32.9 Å². The van der Waals surface area contributed by atoms with Crippen LogP contribution in [0.2, 0.25) is 0 Å². The molecule has 2 saturated heterocycles. The van der Waals surface area contributed by atoms with Gasteiger partial charge in [-0.05, 0) is 48.8 Å². The minimum atomic E-state index is -0.264. The molecule has 6 nitrogen and oxygen atoms in total. The third-order valence-corrected chi connectivity index (χ3v) is 6.34. The minimum Gasteiger partial charge on any atom is -0.369 e. The van der Waals surface area contributed by atoms with E-state index in [-0.39, 0.29) is 35.0 Å². The Morgan fingerprint density at radius 1 is 0.828 bits per heavy atom. The molecule has 0 spiro atoms. The lowest BCUT2D eigenvalue weighted by Gasteiger charge is -2.36. The highest BCUT2D eigenvalue weighted by Gasteiger charge is 2.33. The second-order valence-electron chi connectivity index (χ2n) is 9.40. The van der Waals surface area contributed by atoms with E-state index >= 15 is 0 Å². The molecule has 6 heteroatoms. The quantitative estimate of drug-likeness (QED) is 0.848. The Labute approximate surface area is 173 Å². The van der Waals surface area contributed by atoms with Gasteiger partial charge in [0.1, 0.15) is 0 Å². The van der Waals surface area contributed by atoms with Gasteiger partial charge in [0.2, 0.25) is 11.8 Å². The second kappa shape index (κ2) is 8.56. The number of benzene rings is 1. The molecule has 2 N–H and O–H groups in total. The average molecular weight is 400 g/mol. The SMILES string of the molecule is CC(C)(C)c1ccc(C(=O)N2CCC(C(=O)N3CCC(C(N)=O)CC3)CC2)cc1. The average Bonchev–Trinajstić information content (AvgIpc) is 2.72. The van der Waals surface area contributed by atoms with Crippen LogP contribution in [0.1, 0.15) is 62.4 Å². The number of nitrogens with zero attached hydrogens (tertiary/aromatic N) is 2. The van der Waals surface area contributed by atoms with Gasteiger partial charge in [-0.25, -0.2) is 0 Å². The first-order valence-electron chi connectivity index (χ1n) is 10.6. The van der Waals surface area contributed by atoms with Crippen molar-refractivity contribution in [2.45, 2.75) is 51.9 Å². The van der Waals surface area contributed by atoms with Crippen molar-refractivity contribution in [3.05, 3.63) is 35.4 Å². The lowest BCUT2D eigenvalue weighted by atomic mass is 9.86. The first-order valence-corrected chi connectivity index (χ1v) is 10.6. The molecule has 2 aliphatic rings. The Hall–Kier alpha value is -2.37. The zero-order chi connectivity index (χ0) is 21.2. The highest BCUT2D eigenvalue weighted by atomic mass is 16.2. The van der Waals surface area contributed by atoms with E-state index in [0.29, 0.717) is 57.4 Å². The van der Waals surface area contributed by atoms with Crippen molar-refractivity contribution in [3.8, 4) is 0 Å². The van der Waals surface area contributed by atoms with E-state index in [1.807, 2.05) is 34.1 Å². The fourth-order valence-corrected chi connectivity index (χ4v) is 4.27. The Morgan fingerprint density at radius 2 is 1.31 bits per heavy atom. The number of carbonyl (C=O) groups excluding carboxylic acids is 3. The fourth-order valence-electron chi connectivity index (χ4n) is 4.27. The number of rotatable bonds is 3. The number of carbonyl (C=O) groups is 3. The number of nitrogens with two attached hydrogens (primary N) is 1. The summed E-state index contributed by atoms with van der Waals surface area (Å²) in [5.41, 5.74) is 7.35. The van der Waals surface area contributed by atoms with Gasteiger partial charge in [0.15, 0.2) is 0 Å². The number of amides is 3. The zero-order valence-electron chi connectivity index (χ0n) is 17.8. The van der Waals surface area contributed by atoms with Gasteiger partial charge in [0.05, 0.1) is 0 Å². The Morgan fingerprint density at radius 3 is 1.79 bits per heavy atom. The molecule has 0 atom stereocenters. The van der Waals surface area contributed by atoms with Crippen LogP contribution in [0.25, 0.3) is 0 Å². The van der Waals surface area contributed by atoms with Crippen LogP contribution in [-0.2, 0) is 15.0 Å². The lowest BCUT2D eigenvalue weighted by Crippen LogP contribution is -2.47. The van der Waals surface area contributed by atoms with E-state index in [0.717, 1.165) is 0 Å². The van der Waals surface area contributed by atoms with Crippen molar-refractivity contribution in [1.29, 1.82) is 0 Å². The molecule has 3 rings (SSSR count). The molecule has 0 saturated carbocycles. The van der Waals surface area contributed by atoms with Crippen LogP contribution in [0, 0.1) is 11.8 Å². The molecule has 1 aromatic carbocycles. The summed E-state index contributed by atoms with van der Waals surface area (Å²) in [5.74, 6) is -0.205. The molecular formula is C23H33N3O3. The topological polar surface area (TPSA) is 83.7 Å². The van der Waals surface area contributed by atoms with Crippen molar-refractivity contribution < 1.29 is 14.4 Å². The summed E-state index contributed by atoms with van der Waals surface area (Å²) in [7, 11) is 0. The van der Waals surface area contributed by atoms with E-state index in [1.165, 1.54) is 5.56 Å². The third-order valence-electron chi connectivity index (χ3n) is 6.34. The van der Waals surface area contributed by atoms with Crippen LogP contribution in [0.4, 0.5) is 0 Å². The van der Waals surface area contributed by atoms with Crippen molar-refractivity contribution in [2.75, 3.05) is 26.2 Å². The smallest absolute Gasteiger partial charge is 0.253 e. The molecule has 0 aliphatic carbocycles. The molecule has 0 unspecified atom stereocenters. The molecule has 2 heterocycles. The standard InChI is InChI=1S/C23H33N3O3/c1-23(2,3)19-6-4-17(5-7-19)21(28)26-14-10-18(11-15-26)22(29)25-12-8-16(9-13-25)20(24)27/h4-7,16,18H,8-15H2,1-3H3,(H2,24,27). The molecule has 0 radical (unpaired) electrons. The molecule has 2 aliphatic heterocycles. The summed E-state index contributed by atoms with van der Waals surface area (Å²) in [6, 6.07) is 7.87. The van der Waals surface area contributed by atoms with Gasteiger partial charge in [-0.3, -0.25) is 14.4 Å². The number of hydrogen-bond donors (Lipinski definition) is 1. The monoisotopic (exact) mass is 399 g/mol. The number of hydrogen-bond acceptors (Lipinski definition) is 3. The predicted molar refractivity (Wildman–Crippen MR) is 112 cm³/mol. The number of piperidine rings is 2. The normalized spacial score (nSPS) is 19.3. The molecule has 1 aromatic rings. The number of primary amides is 1. The van der Waals surface area contributed by atoms with E-state index < -0.39 is 0 Å². The third kappa shape index (κ3) is 4.98. The van der Waals surface area contributed by atoms with E-state index in [4.69, 9.17) is 5.73 Å². The molecule has 0 bridgehead atoms. The Bertz CT molecular complexity index is 751. The van der Waals surface area contributed by atoms with E-state index in [9.17, 15) is 14.4 Å². The fraction of sp³-hybridized carbons (Fsp3) is 0.609. The number of likely N-dealkylation sites (tertiary alicyclic amines) is 2. The van der Waals surface area contributed by atoms with Gasteiger partial charge >= 0.3 is 0 Å². The van der Waals surface area contributed by atoms with Crippen LogP contribution < -0.4 is 5.73 Å². The molecule has 29 heavy (non-hydrogen) atoms. The molecule has 2 fully saturated rings. The molecule has 158 valence electrons. The maximum absolute atomic E-state index is 12.8. The van der Waals surface area contributed by atoms with Crippen LogP contribution in [0.3, 0.4) is 0 Å². The minimum absolute atomic E-state index is 0.0348. The van der Waals surface area contributed by atoms with Gasteiger partial charge in [0, 0.05) is 43.6 Å². The lowest BCUT2D eigenvalue weighted by molar-refractivity contribution is -0.139. The predicted octanol–water partition coefficient (Wildman–Crippen LogP) is 2.56. The van der Waals surface area contributed by atoms with Gasteiger partial charge in [-0.2, -0.15) is 0 Å². The summed E-state index contributed by atoms with van der Waals surface area (Å²) < 4.78 is 0. The van der Waals surface area contributed by atoms with Gasteiger partial charge < -0.3 is 15.5 Å². The van der Waals surface area contributed by atoms with E-state index in [1.54, 1.807) is 0 Å². The van der Waals surface area contributed by atoms with Crippen LogP contribution in [0.5, 0.6) is 0 Å². The van der Waals surface area contributed by atoms with E-state index in [2.05, 4.69) is 20.8 Å².